The predicted molar refractivity (Wildman–Crippen MR) is 64.0 cm³/mol. The molecule has 0 aromatic carbocycles. The molecule has 0 aliphatic carbocycles. The molecule has 0 aliphatic heterocycles. The highest BCUT2D eigenvalue weighted by Crippen LogP contribution is 2.23. The molecule has 0 saturated heterocycles. The molecule has 96 valence electrons. The van der Waals surface area contributed by atoms with Gasteiger partial charge in [0.05, 0.1) is 10.5 Å². The van der Waals surface area contributed by atoms with Crippen molar-refractivity contribution < 1.29 is 14.8 Å². The molecule has 0 radical (unpaired) electrons. The molecule has 0 unspecified atom stereocenters. The Hall–Kier alpha value is -2.55. The summed E-state index contributed by atoms with van der Waals surface area (Å²) in [6, 6.07) is 2.92. The number of nitro groups is 1. The minimum Gasteiger partial charge on any atom is -0.478 e. The Morgan fingerprint density at radius 3 is 2.37 bits per heavy atom. The van der Waals surface area contributed by atoms with Crippen LogP contribution in [0.25, 0.3) is 0 Å². The monoisotopic (exact) mass is 278 g/mol. The van der Waals surface area contributed by atoms with Gasteiger partial charge in [0.25, 0.3) is 0 Å². The molecule has 0 aliphatic rings. The summed E-state index contributed by atoms with van der Waals surface area (Å²) in [5.74, 6) is -1.06. The van der Waals surface area contributed by atoms with Gasteiger partial charge in [-0.25, -0.2) is 19.7 Å². The Kier molecular flexibility index (Phi) is 3.66. The molecule has 2 heterocycles. The van der Waals surface area contributed by atoms with E-state index in [0.29, 0.717) is 10.2 Å². The van der Waals surface area contributed by atoms with Gasteiger partial charge in [0.1, 0.15) is 17.4 Å². The molecule has 0 saturated carbocycles. The number of carboxylic acids is 1. The molecule has 0 amide bonds. The van der Waals surface area contributed by atoms with Crippen molar-refractivity contribution in [2.24, 2.45) is 0 Å². The number of aromatic carboxylic acids is 1. The van der Waals surface area contributed by atoms with E-state index in [-0.39, 0.29) is 11.3 Å². The fourth-order valence-corrected chi connectivity index (χ4v) is 1.76. The lowest BCUT2D eigenvalue weighted by Crippen LogP contribution is -1.97. The SMILES string of the molecule is O=C(O)c1ccc(Sc2ncc([N+](=O)[O-])cn2)nc1. The third-order valence-corrected chi connectivity index (χ3v) is 2.85. The second-order valence-electron chi connectivity index (χ2n) is 3.27. The van der Waals surface area contributed by atoms with Crippen LogP contribution in [-0.2, 0) is 0 Å². The van der Waals surface area contributed by atoms with Crippen molar-refractivity contribution in [1.29, 1.82) is 0 Å². The molecule has 1 N–H and O–H groups in total. The average molecular weight is 278 g/mol. The molecule has 2 aromatic rings. The first-order valence-corrected chi connectivity index (χ1v) is 5.71. The second kappa shape index (κ2) is 5.40. The predicted octanol–water partition coefficient (Wildman–Crippen LogP) is 1.63. The van der Waals surface area contributed by atoms with Gasteiger partial charge < -0.3 is 5.11 Å². The maximum atomic E-state index is 10.6. The van der Waals surface area contributed by atoms with Crippen LogP contribution in [0, 0.1) is 10.1 Å². The van der Waals surface area contributed by atoms with Crippen molar-refractivity contribution >= 4 is 23.4 Å². The summed E-state index contributed by atoms with van der Waals surface area (Å²) >= 11 is 1.08. The average Bonchev–Trinajstić information content (AvgIpc) is 2.40. The van der Waals surface area contributed by atoms with Gasteiger partial charge in [0.15, 0.2) is 5.16 Å². The van der Waals surface area contributed by atoms with E-state index in [9.17, 15) is 14.9 Å². The van der Waals surface area contributed by atoms with Crippen molar-refractivity contribution in [1.82, 2.24) is 15.0 Å². The second-order valence-corrected chi connectivity index (χ2v) is 4.26. The summed E-state index contributed by atoms with van der Waals surface area (Å²) in [6.45, 7) is 0. The van der Waals surface area contributed by atoms with Gasteiger partial charge in [-0.15, -0.1) is 0 Å². The van der Waals surface area contributed by atoms with Crippen LogP contribution in [0.4, 0.5) is 5.69 Å². The van der Waals surface area contributed by atoms with E-state index in [4.69, 9.17) is 5.11 Å². The quantitative estimate of drug-likeness (QED) is 0.509. The summed E-state index contributed by atoms with van der Waals surface area (Å²) in [6.07, 6.45) is 3.41. The highest BCUT2D eigenvalue weighted by molar-refractivity contribution is 7.99. The standard InChI is InChI=1S/C10H6N4O4S/c15-9(16)6-1-2-8(11-3-6)19-10-12-4-7(5-13-10)14(17)18/h1-5H,(H,15,16). The highest BCUT2D eigenvalue weighted by atomic mass is 32.2. The van der Waals surface area contributed by atoms with Gasteiger partial charge in [-0.05, 0) is 23.9 Å². The van der Waals surface area contributed by atoms with Crippen LogP contribution in [0.15, 0.2) is 40.9 Å². The summed E-state index contributed by atoms with van der Waals surface area (Å²) in [4.78, 5) is 32.0. The number of carboxylic acid groups (broad SMARTS) is 1. The van der Waals surface area contributed by atoms with Crippen LogP contribution in [-0.4, -0.2) is 31.0 Å². The number of pyridine rings is 1. The minimum absolute atomic E-state index is 0.0777. The molecule has 0 fully saturated rings. The van der Waals surface area contributed by atoms with Crippen molar-refractivity contribution in [2.45, 2.75) is 10.2 Å². The van der Waals surface area contributed by atoms with Gasteiger partial charge in [0, 0.05) is 6.20 Å². The molecule has 2 aromatic heterocycles. The molecular formula is C10H6N4O4S. The van der Waals surface area contributed by atoms with E-state index in [1.807, 2.05) is 0 Å². The Labute approximate surface area is 110 Å². The largest absolute Gasteiger partial charge is 0.478 e. The highest BCUT2D eigenvalue weighted by Gasteiger charge is 2.09. The van der Waals surface area contributed by atoms with E-state index in [1.54, 1.807) is 0 Å². The zero-order valence-corrected chi connectivity index (χ0v) is 10.1. The summed E-state index contributed by atoms with van der Waals surface area (Å²) in [5, 5.41) is 19.9. The van der Waals surface area contributed by atoms with Crippen LogP contribution < -0.4 is 0 Å². The van der Waals surface area contributed by atoms with Gasteiger partial charge in [-0.2, -0.15) is 0 Å². The lowest BCUT2D eigenvalue weighted by molar-refractivity contribution is -0.385. The minimum atomic E-state index is -1.06. The summed E-state index contributed by atoms with van der Waals surface area (Å²) in [7, 11) is 0. The first-order valence-electron chi connectivity index (χ1n) is 4.90. The Morgan fingerprint density at radius 1 is 1.21 bits per heavy atom. The molecule has 8 nitrogen and oxygen atoms in total. The van der Waals surface area contributed by atoms with Crippen LogP contribution in [0.2, 0.25) is 0 Å². The zero-order chi connectivity index (χ0) is 13.8. The molecular weight excluding hydrogens is 272 g/mol. The third kappa shape index (κ3) is 3.22. The third-order valence-electron chi connectivity index (χ3n) is 2.00. The number of hydrogen-bond acceptors (Lipinski definition) is 7. The zero-order valence-electron chi connectivity index (χ0n) is 9.26. The topological polar surface area (TPSA) is 119 Å². The lowest BCUT2D eigenvalue weighted by Gasteiger charge is -1.99. The van der Waals surface area contributed by atoms with Crippen molar-refractivity contribution in [3.8, 4) is 0 Å². The Bertz CT molecular complexity index is 559. The Balaban J connectivity index is 2.12. The van der Waals surface area contributed by atoms with Crippen molar-refractivity contribution in [3.63, 3.8) is 0 Å². The molecule has 19 heavy (non-hydrogen) atoms. The van der Waals surface area contributed by atoms with Crippen molar-refractivity contribution in [2.75, 3.05) is 0 Å². The molecule has 0 atom stereocenters. The van der Waals surface area contributed by atoms with E-state index < -0.39 is 10.9 Å². The fraction of sp³-hybridized carbons (Fsp3) is 0. The van der Waals surface area contributed by atoms with Gasteiger partial charge in [0.2, 0.25) is 0 Å². The molecule has 0 spiro atoms. The van der Waals surface area contributed by atoms with Crippen LogP contribution in [0.1, 0.15) is 10.4 Å². The number of carbonyl (C=O) groups is 1. The van der Waals surface area contributed by atoms with Crippen molar-refractivity contribution in [3.05, 3.63) is 46.4 Å². The maximum Gasteiger partial charge on any atom is 0.337 e. The van der Waals surface area contributed by atoms with E-state index in [0.717, 1.165) is 24.2 Å². The maximum absolute atomic E-state index is 10.6. The van der Waals surface area contributed by atoms with Gasteiger partial charge >= 0.3 is 11.7 Å². The summed E-state index contributed by atoms with van der Waals surface area (Å²) in [5.41, 5.74) is -0.118. The molecule has 2 rings (SSSR count). The normalized spacial score (nSPS) is 10.1. The van der Waals surface area contributed by atoms with E-state index in [2.05, 4.69) is 15.0 Å². The summed E-state index contributed by atoms with van der Waals surface area (Å²) < 4.78 is 0. The van der Waals surface area contributed by atoms with Crippen LogP contribution >= 0.6 is 11.8 Å². The first kappa shape index (κ1) is 12.9. The van der Waals surface area contributed by atoms with E-state index in [1.165, 1.54) is 18.3 Å². The fourth-order valence-electron chi connectivity index (χ4n) is 1.12. The molecule has 9 heteroatoms. The number of rotatable bonds is 4. The number of nitrogens with zero attached hydrogens (tertiary/aromatic N) is 4. The molecule has 0 bridgehead atoms. The smallest absolute Gasteiger partial charge is 0.337 e. The van der Waals surface area contributed by atoms with Crippen LogP contribution in [0.5, 0.6) is 0 Å². The number of hydrogen-bond donors (Lipinski definition) is 1. The first-order chi connectivity index (χ1) is 9.06. The van der Waals surface area contributed by atoms with E-state index >= 15 is 0 Å². The van der Waals surface area contributed by atoms with Crippen LogP contribution in [0.3, 0.4) is 0 Å². The lowest BCUT2D eigenvalue weighted by atomic mass is 10.3. The van der Waals surface area contributed by atoms with Gasteiger partial charge in [-0.3, -0.25) is 10.1 Å². The van der Waals surface area contributed by atoms with Gasteiger partial charge in [-0.1, -0.05) is 0 Å². The number of aromatic nitrogens is 3. The Morgan fingerprint density at radius 2 is 1.89 bits per heavy atom.